The summed E-state index contributed by atoms with van der Waals surface area (Å²) in [6, 6.07) is 1.91. The summed E-state index contributed by atoms with van der Waals surface area (Å²) in [6.45, 7) is 11.2. The highest BCUT2D eigenvalue weighted by atomic mass is 16.2. The fourth-order valence-electron chi connectivity index (χ4n) is 3.11. The Morgan fingerprint density at radius 3 is 2.65 bits per heavy atom. The summed E-state index contributed by atoms with van der Waals surface area (Å²) in [7, 11) is 0. The fourth-order valence-corrected chi connectivity index (χ4v) is 3.11. The minimum atomic E-state index is -0.297. The number of nitrogens with zero attached hydrogens (tertiary/aromatic N) is 2. The maximum absolute atomic E-state index is 12.6. The average Bonchev–Trinajstić information content (AvgIpc) is 2.60. The third kappa shape index (κ3) is 2.43. The maximum Gasteiger partial charge on any atom is 0.226 e. The van der Waals surface area contributed by atoms with Crippen LogP contribution in [0.2, 0.25) is 0 Å². The van der Waals surface area contributed by atoms with Crippen LogP contribution in [-0.4, -0.2) is 15.9 Å². The molecule has 1 heterocycles. The molecule has 1 aromatic rings. The van der Waals surface area contributed by atoms with Crippen molar-refractivity contribution in [2.24, 2.45) is 16.7 Å². The number of carbonyl (C=O) groups excluding carboxylic acids is 1. The maximum atomic E-state index is 12.6. The van der Waals surface area contributed by atoms with Crippen LogP contribution in [0.4, 0.5) is 0 Å². The smallest absolute Gasteiger partial charge is 0.226 e. The molecular formula is C16H25N3O. The zero-order valence-corrected chi connectivity index (χ0v) is 13.2. The molecule has 1 aromatic heterocycles. The zero-order chi connectivity index (χ0) is 15.0. The lowest BCUT2D eigenvalue weighted by Gasteiger charge is -2.39. The van der Waals surface area contributed by atoms with Gasteiger partial charge in [-0.25, -0.2) is 9.97 Å². The number of rotatable bonds is 3. The van der Waals surface area contributed by atoms with Crippen LogP contribution in [0.1, 0.15) is 51.9 Å². The first-order valence-corrected chi connectivity index (χ1v) is 7.33. The molecule has 1 saturated carbocycles. The van der Waals surface area contributed by atoms with Crippen molar-refractivity contribution in [2.45, 2.75) is 54.0 Å². The van der Waals surface area contributed by atoms with E-state index in [9.17, 15) is 4.79 Å². The predicted octanol–water partition coefficient (Wildman–Crippen LogP) is 2.86. The second-order valence-corrected chi connectivity index (χ2v) is 6.83. The predicted molar refractivity (Wildman–Crippen MR) is 78.9 cm³/mol. The molecule has 4 nitrogen and oxygen atoms in total. The molecular weight excluding hydrogens is 250 g/mol. The van der Waals surface area contributed by atoms with E-state index in [1.54, 1.807) is 6.33 Å². The average molecular weight is 275 g/mol. The summed E-state index contributed by atoms with van der Waals surface area (Å²) in [5, 5.41) is 3.06. The van der Waals surface area contributed by atoms with Crippen molar-refractivity contribution < 1.29 is 4.79 Å². The number of hydrogen-bond acceptors (Lipinski definition) is 3. The molecule has 2 atom stereocenters. The SMILES string of the molecule is Cc1cc(CNC(=O)[C@]2(C)CC[C@H](C)C2(C)C)ncn1. The van der Waals surface area contributed by atoms with E-state index < -0.39 is 0 Å². The summed E-state index contributed by atoms with van der Waals surface area (Å²) in [6.07, 6.45) is 3.61. The van der Waals surface area contributed by atoms with Gasteiger partial charge in [0.25, 0.3) is 0 Å². The van der Waals surface area contributed by atoms with Crippen molar-refractivity contribution in [1.29, 1.82) is 0 Å². The van der Waals surface area contributed by atoms with Gasteiger partial charge in [0.15, 0.2) is 0 Å². The molecule has 0 saturated heterocycles. The standard InChI is InChI=1S/C16H25N3O/c1-11-6-7-16(5,15(11,3)4)14(20)17-9-13-8-12(2)18-10-19-13/h8,10-11H,6-7,9H2,1-5H3,(H,17,20)/t11-,16-/m0/s1. The largest absolute Gasteiger partial charge is 0.350 e. The molecule has 0 spiro atoms. The first kappa shape index (κ1) is 14.9. The van der Waals surface area contributed by atoms with Gasteiger partial charge in [0.05, 0.1) is 17.7 Å². The van der Waals surface area contributed by atoms with Gasteiger partial charge < -0.3 is 5.32 Å². The highest BCUT2D eigenvalue weighted by Gasteiger charge is 2.53. The highest BCUT2D eigenvalue weighted by Crippen LogP contribution is 2.55. The first-order valence-electron chi connectivity index (χ1n) is 7.33. The lowest BCUT2D eigenvalue weighted by Crippen LogP contribution is -2.46. The number of nitrogens with one attached hydrogen (secondary N) is 1. The molecule has 4 heteroatoms. The van der Waals surface area contributed by atoms with Crippen molar-refractivity contribution >= 4 is 5.91 Å². The van der Waals surface area contributed by atoms with Crippen molar-refractivity contribution in [3.05, 3.63) is 23.8 Å². The van der Waals surface area contributed by atoms with Gasteiger partial charge in [0, 0.05) is 5.69 Å². The van der Waals surface area contributed by atoms with Crippen LogP contribution in [-0.2, 0) is 11.3 Å². The Morgan fingerprint density at radius 1 is 1.40 bits per heavy atom. The molecule has 1 N–H and O–H groups in total. The molecule has 1 aliphatic rings. The van der Waals surface area contributed by atoms with Crippen LogP contribution in [0.15, 0.2) is 12.4 Å². The number of aryl methyl sites for hydroxylation is 1. The summed E-state index contributed by atoms with van der Waals surface area (Å²) >= 11 is 0. The van der Waals surface area contributed by atoms with E-state index >= 15 is 0 Å². The summed E-state index contributed by atoms with van der Waals surface area (Å²) in [4.78, 5) is 20.9. The van der Waals surface area contributed by atoms with E-state index in [-0.39, 0.29) is 16.7 Å². The quantitative estimate of drug-likeness (QED) is 0.923. The van der Waals surface area contributed by atoms with Crippen molar-refractivity contribution in [3.63, 3.8) is 0 Å². The summed E-state index contributed by atoms with van der Waals surface area (Å²) in [5.41, 5.74) is 1.51. The minimum Gasteiger partial charge on any atom is -0.350 e. The number of amides is 1. The Hall–Kier alpha value is -1.45. The number of hydrogen-bond donors (Lipinski definition) is 1. The van der Waals surface area contributed by atoms with Gasteiger partial charge in [-0.15, -0.1) is 0 Å². The third-order valence-corrected chi connectivity index (χ3v) is 5.52. The van der Waals surface area contributed by atoms with E-state index in [4.69, 9.17) is 0 Å². The van der Waals surface area contributed by atoms with E-state index in [2.05, 4.69) is 43.0 Å². The van der Waals surface area contributed by atoms with Gasteiger partial charge in [-0.3, -0.25) is 4.79 Å². The second-order valence-electron chi connectivity index (χ2n) is 6.83. The van der Waals surface area contributed by atoms with Crippen molar-refractivity contribution in [3.8, 4) is 0 Å². The van der Waals surface area contributed by atoms with Gasteiger partial charge in [0.2, 0.25) is 5.91 Å². The van der Waals surface area contributed by atoms with E-state index in [1.807, 2.05) is 13.0 Å². The van der Waals surface area contributed by atoms with Crippen LogP contribution in [0, 0.1) is 23.7 Å². The lowest BCUT2D eigenvalue weighted by molar-refractivity contribution is -0.136. The van der Waals surface area contributed by atoms with Crippen LogP contribution >= 0.6 is 0 Å². The monoisotopic (exact) mass is 275 g/mol. The van der Waals surface area contributed by atoms with E-state index in [1.165, 1.54) is 0 Å². The molecule has 0 aromatic carbocycles. The van der Waals surface area contributed by atoms with Crippen molar-refractivity contribution in [1.82, 2.24) is 15.3 Å². The second kappa shape index (κ2) is 5.15. The molecule has 1 fully saturated rings. The normalized spacial score (nSPS) is 28.4. The van der Waals surface area contributed by atoms with Gasteiger partial charge in [-0.1, -0.05) is 27.7 Å². The molecule has 0 unspecified atom stereocenters. The van der Waals surface area contributed by atoms with E-state index in [0.29, 0.717) is 12.5 Å². The Morgan fingerprint density at radius 2 is 2.10 bits per heavy atom. The van der Waals surface area contributed by atoms with Crippen LogP contribution in [0.25, 0.3) is 0 Å². The van der Waals surface area contributed by atoms with E-state index in [0.717, 1.165) is 24.2 Å². The van der Waals surface area contributed by atoms with Gasteiger partial charge in [-0.2, -0.15) is 0 Å². The van der Waals surface area contributed by atoms with Gasteiger partial charge in [-0.05, 0) is 37.2 Å². The van der Waals surface area contributed by atoms with Crippen molar-refractivity contribution in [2.75, 3.05) is 0 Å². The Balaban J connectivity index is 2.05. The molecule has 0 radical (unpaired) electrons. The number of carbonyl (C=O) groups is 1. The summed E-state index contributed by atoms with van der Waals surface area (Å²) in [5.74, 6) is 0.711. The van der Waals surface area contributed by atoms with Crippen LogP contribution in [0.3, 0.4) is 0 Å². The molecule has 2 rings (SSSR count). The molecule has 0 aliphatic heterocycles. The Labute approximate surface area is 121 Å². The fraction of sp³-hybridized carbons (Fsp3) is 0.688. The Bertz CT molecular complexity index is 512. The van der Waals surface area contributed by atoms with Gasteiger partial charge in [0.1, 0.15) is 6.33 Å². The molecule has 1 aliphatic carbocycles. The third-order valence-electron chi connectivity index (χ3n) is 5.52. The van der Waals surface area contributed by atoms with Crippen LogP contribution < -0.4 is 5.32 Å². The highest BCUT2D eigenvalue weighted by molar-refractivity contribution is 5.83. The molecule has 20 heavy (non-hydrogen) atoms. The zero-order valence-electron chi connectivity index (χ0n) is 13.2. The molecule has 0 bridgehead atoms. The Kier molecular flexibility index (Phi) is 3.85. The summed E-state index contributed by atoms with van der Waals surface area (Å²) < 4.78 is 0. The lowest BCUT2D eigenvalue weighted by atomic mass is 9.65. The van der Waals surface area contributed by atoms with Gasteiger partial charge >= 0.3 is 0 Å². The first-order chi connectivity index (χ1) is 9.27. The number of aromatic nitrogens is 2. The topological polar surface area (TPSA) is 54.9 Å². The molecule has 110 valence electrons. The molecule has 1 amide bonds. The van der Waals surface area contributed by atoms with Crippen LogP contribution in [0.5, 0.6) is 0 Å². The minimum absolute atomic E-state index is 0.0265.